The Balaban J connectivity index is 1.82. The molecule has 3 aromatic rings. The van der Waals surface area contributed by atoms with Crippen molar-refractivity contribution in [3.8, 4) is 16.9 Å². The summed E-state index contributed by atoms with van der Waals surface area (Å²) in [6.45, 7) is 2.52. The Hall–Kier alpha value is -2.84. The molecular formula is C20H20N2O4S2. The van der Waals surface area contributed by atoms with Gasteiger partial charge in [-0.3, -0.25) is 0 Å². The van der Waals surface area contributed by atoms with Crippen LogP contribution in [0.1, 0.15) is 23.0 Å². The van der Waals surface area contributed by atoms with Crippen LogP contribution in [0.2, 0.25) is 0 Å². The Bertz CT molecular complexity index is 934. The lowest BCUT2D eigenvalue weighted by atomic mass is 10.0. The summed E-state index contributed by atoms with van der Waals surface area (Å²) in [4.78, 5) is 12.6. The van der Waals surface area contributed by atoms with Gasteiger partial charge in [0.2, 0.25) is 0 Å². The molecule has 0 unspecified atom stereocenters. The smallest absolute Gasteiger partial charge is 0.341 e. The first-order chi connectivity index (χ1) is 13.6. The van der Waals surface area contributed by atoms with Gasteiger partial charge in [0.1, 0.15) is 22.1 Å². The second kappa shape index (κ2) is 9.38. The molecule has 0 spiro atoms. The molecule has 0 atom stereocenters. The standard InChI is InChI=1S/C20H20N2O4S2/c1-3-25-19(23)17-16(13-6-8-14(24-2)9-7-13)12-28-18(17)22-20(27)21-11-15-5-4-10-26-15/h4-10,12H,3,11H2,1-2H3,(H2,21,22,27). The average molecular weight is 417 g/mol. The van der Waals surface area contributed by atoms with Crippen LogP contribution in [0.15, 0.2) is 52.5 Å². The highest BCUT2D eigenvalue weighted by Crippen LogP contribution is 2.36. The van der Waals surface area contributed by atoms with E-state index in [1.165, 1.54) is 11.3 Å². The molecule has 0 saturated carbocycles. The van der Waals surface area contributed by atoms with Crippen molar-refractivity contribution in [3.63, 3.8) is 0 Å². The Labute approximate surface area is 172 Å². The Kier molecular flexibility index (Phi) is 6.67. The second-order valence-corrected chi connectivity index (χ2v) is 6.98. The molecule has 0 aliphatic carbocycles. The lowest BCUT2D eigenvalue weighted by molar-refractivity contribution is 0.0529. The van der Waals surface area contributed by atoms with Crippen molar-refractivity contribution in [2.75, 3.05) is 19.0 Å². The van der Waals surface area contributed by atoms with Gasteiger partial charge >= 0.3 is 5.97 Å². The fourth-order valence-corrected chi connectivity index (χ4v) is 3.77. The number of hydrogen-bond donors (Lipinski definition) is 2. The Morgan fingerprint density at radius 3 is 2.68 bits per heavy atom. The van der Waals surface area contributed by atoms with Crippen LogP contribution >= 0.6 is 23.6 Å². The van der Waals surface area contributed by atoms with Crippen LogP contribution < -0.4 is 15.4 Å². The van der Waals surface area contributed by atoms with Crippen molar-refractivity contribution in [1.29, 1.82) is 0 Å². The molecule has 2 heterocycles. The van der Waals surface area contributed by atoms with E-state index >= 15 is 0 Å². The highest BCUT2D eigenvalue weighted by molar-refractivity contribution is 7.80. The molecule has 0 aliphatic rings. The van der Waals surface area contributed by atoms with Gasteiger partial charge in [-0.15, -0.1) is 11.3 Å². The third-order valence-corrected chi connectivity index (χ3v) is 5.04. The van der Waals surface area contributed by atoms with Crippen LogP contribution in [0.25, 0.3) is 11.1 Å². The van der Waals surface area contributed by atoms with Crippen LogP contribution in [-0.2, 0) is 11.3 Å². The number of furan rings is 1. The fourth-order valence-electron chi connectivity index (χ4n) is 2.57. The SMILES string of the molecule is CCOC(=O)c1c(-c2ccc(OC)cc2)csc1NC(=S)NCc1ccco1. The normalized spacial score (nSPS) is 10.4. The number of carbonyl (C=O) groups is 1. The van der Waals surface area contributed by atoms with Crippen LogP contribution in [0.4, 0.5) is 5.00 Å². The average Bonchev–Trinajstić information content (AvgIpc) is 3.36. The van der Waals surface area contributed by atoms with Crippen LogP contribution in [0.3, 0.4) is 0 Å². The van der Waals surface area contributed by atoms with Gasteiger partial charge in [-0.2, -0.15) is 0 Å². The Morgan fingerprint density at radius 2 is 2.04 bits per heavy atom. The number of anilines is 1. The topological polar surface area (TPSA) is 72.7 Å². The number of carbonyl (C=O) groups excluding carboxylic acids is 1. The maximum absolute atomic E-state index is 12.6. The molecule has 0 fully saturated rings. The molecule has 2 N–H and O–H groups in total. The summed E-state index contributed by atoms with van der Waals surface area (Å²) in [6.07, 6.45) is 1.60. The molecule has 0 radical (unpaired) electrons. The lowest BCUT2D eigenvalue weighted by Gasteiger charge is -2.11. The molecular weight excluding hydrogens is 396 g/mol. The summed E-state index contributed by atoms with van der Waals surface area (Å²) in [5.41, 5.74) is 2.13. The van der Waals surface area contributed by atoms with E-state index in [1.807, 2.05) is 41.8 Å². The second-order valence-electron chi connectivity index (χ2n) is 5.69. The predicted molar refractivity (Wildman–Crippen MR) is 114 cm³/mol. The minimum atomic E-state index is -0.397. The van der Waals surface area contributed by atoms with E-state index < -0.39 is 5.97 Å². The summed E-state index contributed by atoms with van der Waals surface area (Å²) < 4.78 is 15.7. The largest absolute Gasteiger partial charge is 0.497 e. The monoisotopic (exact) mass is 416 g/mol. The molecule has 1 aromatic carbocycles. The maximum Gasteiger partial charge on any atom is 0.341 e. The van der Waals surface area contributed by atoms with E-state index in [1.54, 1.807) is 20.3 Å². The van der Waals surface area contributed by atoms with Gasteiger partial charge in [-0.05, 0) is 49.0 Å². The van der Waals surface area contributed by atoms with Gasteiger partial charge < -0.3 is 24.5 Å². The zero-order valence-electron chi connectivity index (χ0n) is 15.5. The molecule has 0 amide bonds. The van der Waals surface area contributed by atoms with Gasteiger partial charge in [-0.1, -0.05) is 12.1 Å². The zero-order chi connectivity index (χ0) is 19.9. The van der Waals surface area contributed by atoms with Crippen LogP contribution in [0.5, 0.6) is 5.75 Å². The number of rotatable bonds is 7. The van der Waals surface area contributed by atoms with Crippen molar-refractivity contribution in [3.05, 3.63) is 59.4 Å². The van der Waals surface area contributed by atoms with E-state index in [0.29, 0.717) is 22.2 Å². The highest BCUT2D eigenvalue weighted by Gasteiger charge is 2.22. The number of benzene rings is 1. The van der Waals surface area contributed by atoms with E-state index in [9.17, 15) is 4.79 Å². The number of hydrogen-bond acceptors (Lipinski definition) is 6. The van der Waals surface area contributed by atoms with Gasteiger partial charge in [-0.25, -0.2) is 4.79 Å². The number of thiocarbonyl (C=S) groups is 1. The van der Waals surface area contributed by atoms with Crippen molar-refractivity contribution in [2.45, 2.75) is 13.5 Å². The summed E-state index contributed by atoms with van der Waals surface area (Å²) >= 11 is 6.75. The summed E-state index contributed by atoms with van der Waals surface area (Å²) in [5, 5.41) is 9.09. The first-order valence-electron chi connectivity index (χ1n) is 8.62. The third kappa shape index (κ3) is 4.71. The minimum absolute atomic E-state index is 0.289. The number of methoxy groups -OCH3 is 1. The number of thiophene rings is 1. The summed E-state index contributed by atoms with van der Waals surface area (Å²) in [7, 11) is 1.61. The number of nitrogens with one attached hydrogen (secondary N) is 2. The number of esters is 1. The van der Waals surface area contributed by atoms with E-state index in [-0.39, 0.29) is 6.61 Å². The van der Waals surface area contributed by atoms with Crippen LogP contribution in [0, 0.1) is 0 Å². The molecule has 146 valence electrons. The summed E-state index contributed by atoms with van der Waals surface area (Å²) in [6, 6.07) is 11.2. The van der Waals surface area contributed by atoms with Gasteiger partial charge in [0, 0.05) is 10.9 Å². The zero-order valence-corrected chi connectivity index (χ0v) is 17.1. The van der Waals surface area contributed by atoms with Crippen LogP contribution in [-0.4, -0.2) is 24.8 Å². The van der Waals surface area contributed by atoms with E-state index in [0.717, 1.165) is 22.6 Å². The van der Waals surface area contributed by atoms with Gasteiger partial charge in [0.15, 0.2) is 5.11 Å². The molecule has 0 bridgehead atoms. The molecule has 6 nitrogen and oxygen atoms in total. The predicted octanol–water partition coefficient (Wildman–Crippen LogP) is 4.68. The fraction of sp³-hybridized carbons (Fsp3) is 0.200. The van der Waals surface area contributed by atoms with E-state index in [4.69, 9.17) is 26.1 Å². The molecule has 0 saturated heterocycles. The van der Waals surface area contributed by atoms with Crippen molar-refractivity contribution in [1.82, 2.24) is 5.32 Å². The lowest BCUT2D eigenvalue weighted by Crippen LogP contribution is -2.28. The molecule has 3 rings (SSSR count). The van der Waals surface area contributed by atoms with Crippen molar-refractivity contribution in [2.24, 2.45) is 0 Å². The molecule has 2 aromatic heterocycles. The van der Waals surface area contributed by atoms with Crippen molar-refractivity contribution < 1.29 is 18.7 Å². The molecule has 0 aliphatic heterocycles. The van der Waals surface area contributed by atoms with Crippen molar-refractivity contribution >= 4 is 39.6 Å². The quantitative estimate of drug-likeness (QED) is 0.428. The number of ether oxygens (including phenoxy) is 2. The third-order valence-electron chi connectivity index (χ3n) is 3.90. The first-order valence-corrected chi connectivity index (χ1v) is 9.91. The van der Waals surface area contributed by atoms with Gasteiger partial charge in [0.05, 0.1) is 26.5 Å². The van der Waals surface area contributed by atoms with Gasteiger partial charge in [0.25, 0.3) is 0 Å². The minimum Gasteiger partial charge on any atom is -0.497 e. The Morgan fingerprint density at radius 1 is 1.25 bits per heavy atom. The highest BCUT2D eigenvalue weighted by atomic mass is 32.1. The summed E-state index contributed by atoms with van der Waals surface area (Å²) in [5.74, 6) is 1.11. The first kappa shape index (κ1) is 19.9. The molecule has 8 heteroatoms. The van der Waals surface area contributed by atoms with E-state index in [2.05, 4.69) is 10.6 Å². The molecule has 28 heavy (non-hydrogen) atoms. The maximum atomic E-state index is 12.6.